The first kappa shape index (κ1) is 18.6. The second-order valence-electron chi connectivity index (χ2n) is 6.92. The van der Waals surface area contributed by atoms with Crippen LogP contribution in [0.4, 0.5) is 22.0 Å². The van der Waals surface area contributed by atoms with Gasteiger partial charge in [0.15, 0.2) is 5.41 Å². The van der Waals surface area contributed by atoms with Gasteiger partial charge in [-0.2, -0.15) is 13.2 Å². The number of carbonyl (C=O) groups is 2. The number of nitrogens with zero attached hydrogens (tertiary/aromatic N) is 1. The molecule has 1 unspecified atom stereocenters. The number of hydrogen-bond donors (Lipinski definition) is 1. The number of aliphatic carboxylic acids is 1. The van der Waals surface area contributed by atoms with Crippen LogP contribution in [0.5, 0.6) is 0 Å². The van der Waals surface area contributed by atoms with Gasteiger partial charge in [0.05, 0.1) is 5.41 Å². The number of carboxylic acids is 1. The molecule has 9 heteroatoms. The van der Waals surface area contributed by atoms with Gasteiger partial charge in [0.2, 0.25) is 5.91 Å². The molecule has 1 aliphatic heterocycles. The minimum absolute atomic E-state index is 0.0602. The number of carbonyl (C=O) groups excluding carboxylic acids is 1. The van der Waals surface area contributed by atoms with Gasteiger partial charge in [-0.15, -0.1) is 0 Å². The van der Waals surface area contributed by atoms with Crippen molar-refractivity contribution in [2.75, 3.05) is 13.1 Å². The molecule has 1 aromatic carbocycles. The predicted molar refractivity (Wildman–Crippen MR) is 79.2 cm³/mol. The maximum atomic E-state index is 14.2. The van der Waals surface area contributed by atoms with Crippen LogP contribution in [0.1, 0.15) is 31.2 Å². The van der Waals surface area contributed by atoms with Gasteiger partial charge in [-0.25, -0.2) is 8.78 Å². The van der Waals surface area contributed by atoms with Crippen molar-refractivity contribution in [1.82, 2.24) is 4.90 Å². The van der Waals surface area contributed by atoms with E-state index in [0.29, 0.717) is 12.5 Å². The van der Waals surface area contributed by atoms with Crippen LogP contribution < -0.4 is 0 Å². The second-order valence-corrected chi connectivity index (χ2v) is 6.92. The molecule has 4 nitrogen and oxygen atoms in total. The van der Waals surface area contributed by atoms with Gasteiger partial charge in [-0.05, 0) is 25.3 Å². The summed E-state index contributed by atoms with van der Waals surface area (Å²) in [5.74, 6) is -4.52. The van der Waals surface area contributed by atoms with E-state index in [9.17, 15) is 31.5 Å². The summed E-state index contributed by atoms with van der Waals surface area (Å²) in [6.45, 7) is -1.38. The summed E-state index contributed by atoms with van der Waals surface area (Å²) < 4.78 is 67.3. The molecule has 26 heavy (non-hydrogen) atoms. The molecule has 1 aromatic rings. The van der Waals surface area contributed by atoms with Crippen molar-refractivity contribution in [1.29, 1.82) is 0 Å². The van der Waals surface area contributed by atoms with E-state index >= 15 is 0 Å². The first-order valence-corrected chi connectivity index (χ1v) is 8.09. The first-order valence-electron chi connectivity index (χ1n) is 8.09. The third kappa shape index (κ3) is 2.55. The summed E-state index contributed by atoms with van der Waals surface area (Å²) in [5, 5.41) is 9.10. The van der Waals surface area contributed by atoms with E-state index in [1.807, 2.05) is 0 Å². The van der Waals surface area contributed by atoms with Crippen molar-refractivity contribution >= 4 is 11.9 Å². The number of benzene rings is 1. The molecule has 0 aromatic heterocycles. The molecule has 1 N–H and O–H groups in total. The second kappa shape index (κ2) is 5.92. The lowest BCUT2D eigenvalue weighted by molar-refractivity contribution is -0.227. The summed E-state index contributed by atoms with van der Waals surface area (Å²) in [4.78, 5) is 25.1. The van der Waals surface area contributed by atoms with Crippen molar-refractivity contribution in [3.05, 3.63) is 35.4 Å². The zero-order chi connectivity index (χ0) is 19.3. The largest absolute Gasteiger partial charge is 0.481 e. The highest BCUT2D eigenvalue weighted by Gasteiger charge is 2.65. The average Bonchev–Trinajstić information content (AvgIpc) is 2.94. The highest BCUT2D eigenvalue weighted by molar-refractivity contribution is 5.90. The Morgan fingerprint density at radius 3 is 2.19 bits per heavy atom. The molecule has 1 saturated heterocycles. The molecular formula is C17H16F5NO3. The van der Waals surface area contributed by atoms with E-state index in [4.69, 9.17) is 5.11 Å². The molecule has 1 heterocycles. The highest BCUT2D eigenvalue weighted by Crippen LogP contribution is 2.50. The standard InChI is InChI=1S/C17H16F5NO3/c18-10-2-3-11(12(19)8-10)15(4-1-5-15)13(24)23-7-6-16(9-23,14(25)26)17(20,21)22/h2-3,8H,1,4-7,9H2,(H,25,26). The first-order chi connectivity index (χ1) is 12.0. The zero-order valence-electron chi connectivity index (χ0n) is 13.6. The van der Waals surface area contributed by atoms with Crippen molar-refractivity contribution in [2.45, 2.75) is 37.3 Å². The van der Waals surface area contributed by atoms with Gasteiger partial charge in [0.1, 0.15) is 11.6 Å². The summed E-state index contributed by atoms with van der Waals surface area (Å²) in [6, 6.07) is 2.75. The monoisotopic (exact) mass is 377 g/mol. The molecule has 0 spiro atoms. The zero-order valence-corrected chi connectivity index (χ0v) is 13.6. The third-order valence-electron chi connectivity index (χ3n) is 5.57. The quantitative estimate of drug-likeness (QED) is 0.823. The molecule has 0 bridgehead atoms. The minimum atomic E-state index is -5.01. The van der Waals surface area contributed by atoms with Crippen LogP contribution in [0, 0.1) is 17.0 Å². The topological polar surface area (TPSA) is 57.6 Å². The van der Waals surface area contributed by atoms with Crippen LogP contribution in [0.3, 0.4) is 0 Å². The Bertz CT molecular complexity index is 759. The van der Waals surface area contributed by atoms with Gasteiger partial charge in [-0.3, -0.25) is 9.59 Å². The Morgan fingerprint density at radius 1 is 1.12 bits per heavy atom. The molecular weight excluding hydrogens is 361 g/mol. The number of amides is 1. The van der Waals surface area contributed by atoms with E-state index < -0.39 is 53.5 Å². The number of likely N-dealkylation sites (tertiary alicyclic amines) is 1. The molecule has 0 radical (unpaired) electrons. The van der Waals surface area contributed by atoms with Gasteiger partial charge in [0.25, 0.3) is 0 Å². The fraction of sp³-hybridized carbons (Fsp3) is 0.529. The SMILES string of the molecule is O=C(N1CCC(C(=O)O)(C(F)(F)F)C1)C1(c2ccc(F)cc2F)CCC1. The minimum Gasteiger partial charge on any atom is -0.481 e. The fourth-order valence-electron chi connectivity index (χ4n) is 3.82. The Kier molecular flexibility index (Phi) is 4.23. The molecule has 1 saturated carbocycles. The normalized spacial score (nSPS) is 25.0. The lowest BCUT2D eigenvalue weighted by atomic mass is 9.63. The Hall–Kier alpha value is -2.19. The maximum Gasteiger partial charge on any atom is 0.406 e. The van der Waals surface area contributed by atoms with Crippen molar-refractivity contribution in [2.24, 2.45) is 5.41 Å². The fourth-order valence-corrected chi connectivity index (χ4v) is 3.82. The average molecular weight is 377 g/mol. The Morgan fingerprint density at radius 2 is 1.77 bits per heavy atom. The van der Waals surface area contributed by atoms with Crippen LogP contribution in [-0.4, -0.2) is 41.1 Å². The van der Waals surface area contributed by atoms with Crippen LogP contribution in [-0.2, 0) is 15.0 Å². The van der Waals surface area contributed by atoms with Crippen molar-refractivity contribution in [3.8, 4) is 0 Å². The number of rotatable bonds is 3. The van der Waals surface area contributed by atoms with Gasteiger partial charge < -0.3 is 10.0 Å². The van der Waals surface area contributed by atoms with Crippen LogP contribution in [0.15, 0.2) is 18.2 Å². The Balaban J connectivity index is 1.92. The van der Waals surface area contributed by atoms with E-state index in [1.54, 1.807) is 0 Å². The molecule has 2 aliphatic rings. The molecule has 1 atom stereocenters. The summed E-state index contributed by atoms with van der Waals surface area (Å²) >= 11 is 0. The maximum absolute atomic E-state index is 14.2. The lowest BCUT2D eigenvalue weighted by Gasteiger charge is -2.43. The van der Waals surface area contributed by atoms with Crippen LogP contribution >= 0.6 is 0 Å². The molecule has 3 rings (SSSR count). The number of halogens is 5. The molecule has 1 aliphatic carbocycles. The number of alkyl halides is 3. The highest BCUT2D eigenvalue weighted by atomic mass is 19.4. The van der Waals surface area contributed by atoms with Gasteiger partial charge in [0, 0.05) is 24.7 Å². The third-order valence-corrected chi connectivity index (χ3v) is 5.57. The van der Waals surface area contributed by atoms with Crippen LogP contribution in [0.2, 0.25) is 0 Å². The van der Waals surface area contributed by atoms with Crippen molar-refractivity contribution in [3.63, 3.8) is 0 Å². The summed E-state index contributed by atoms with van der Waals surface area (Å²) in [6.07, 6.45) is -4.75. The van der Waals surface area contributed by atoms with Crippen LogP contribution in [0.25, 0.3) is 0 Å². The lowest BCUT2D eigenvalue weighted by Crippen LogP contribution is -2.53. The van der Waals surface area contributed by atoms with Crippen molar-refractivity contribution < 1.29 is 36.6 Å². The van der Waals surface area contributed by atoms with Gasteiger partial charge >= 0.3 is 12.1 Å². The van der Waals surface area contributed by atoms with E-state index in [1.165, 1.54) is 0 Å². The van der Waals surface area contributed by atoms with E-state index in [0.717, 1.165) is 17.0 Å². The number of carboxylic acid groups (broad SMARTS) is 1. The van der Waals surface area contributed by atoms with E-state index in [2.05, 4.69) is 0 Å². The van der Waals surface area contributed by atoms with E-state index in [-0.39, 0.29) is 24.9 Å². The molecule has 1 amide bonds. The summed E-state index contributed by atoms with van der Waals surface area (Å²) in [7, 11) is 0. The predicted octanol–water partition coefficient (Wildman–Crippen LogP) is 3.25. The molecule has 142 valence electrons. The smallest absolute Gasteiger partial charge is 0.406 e. The van der Waals surface area contributed by atoms with Gasteiger partial charge in [-0.1, -0.05) is 12.5 Å². The number of hydrogen-bond acceptors (Lipinski definition) is 2. The summed E-state index contributed by atoms with van der Waals surface area (Å²) in [5.41, 5.74) is -4.44. The Labute approximate surface area is 145 Å². The molecule has 2 fully saturated rings.